The molecule has 7 rings (SSSR count). The normalized spacial score (nSPS) is 20.0. The van der Waals surface area contributed by atoms with Crippen molar-refractivity contribution in [1.29, 1.82) is 0 Å². The van der Waals surface area contributed by atoms with Crippen molar-refractivity contribution in [1.82, 2.24) is 29.1 Å². The molecule has 0 radical (unpaired) electrons. The van der Waals surface area contributed by atoms with Gasteiger partial charge in [-0.1, -0.05) is 77.8 Å². The van der Waals surface area contributed by atoms with Gasteiger partial charge in [-0.25, -0.2) is 28.3 Å². The van der Waals surface area contributed by atoms with E-state index in [9.17, 15) is 18.3 Å². The Bertz CT molecular complexity index is 2060. The maximum absolute atomic E-state index is 14.5. The fourth-order valence-corrected chi connectivity index (χ4v) is 8.72. The van der Waals surface area contributed by atoms with Crippen LogP contribution in [0.3, 0.4) is 0 Å². The van der Waals surface area contributed by atoms with Gasteiger partial charge < -0.3 is 5.11 Å². The lowest BCUT2D eigenvalue weighted by molar-refractivity contribution is -0.124. The summed E-state index contributed by atoms with van der Waals surface area (Å²) < 4.78 is 31.5. The van der Waals surface area contributed by atoms with Crippen molar-refractivity contribution in [3.63, 3.8) is 0 Å². The number of fused-ring (bicyclic) bond motifs is 1. The Kier molecular flexibility index (Phi) is 8.56. The summed E-state index contributed by atoms with van der Waals surface area (Å²) in [6.45, 7) is 2.28. The van der Waals surface area contributed by atoms with Crippen LogP contribution in [-0.4, -0.2) is 62.1 Å². The maximum Gasteiger partial charge on any atom is 0.260 e. The number of carbonyl (C=O) groups is 1. The molecule has 2 aliphatic rings. The number of rotatable bonds is 10. The summed E-state index contributed by atoms with van der Waals surface area (Å²) >= 11 is 12.7. The highest BCUT2D eigenvalue weighted by molar-refractivity contribution is 7.89. The largest absolute Gasteiger partial charge is 0.377 e. The third-order valence-corrected chi connectivity index (χ3v) is 11.2. The van der Waals surface area contributed by atoms with E-state index in [2.05, 4.69) is 20.3 Å². The molecule has 1 saturated heterocycles. The van der Waals surface area contributed by atoms with Gasteiger partial charge in [-0.15, -0.1) is 0 Å². The lowest BCUT2D eigenvalue weighted by atomic mass is 9.91. The average Bonchev–Trinajstić information content (AvgIpc) is 3.58. The van der Waals surface area contributed by atoms with Crippen LogP contribution in [0, 0.1) is 0 Å². The number of carbonyl (C=O) groups excluding carboxylic acids is 1. The molecule has 48 heavy (non-hydrogen) atoms. The predicted octanol–water partition coefficient (Wildman–Crippen LogP) is 5.15. The standard InChI is InChI=1S/C34H31Cl2N7O4S/c1-34(16-22-7-9-24(10-8-22)25-18-37-21-38-19-25)32(45)42(28-14-26(35)13-27(36)15-28)33-40-20-30(43(33)34)48(46,47)41-12-11-29(41)31(44)39-17-23-5-3-2-4-6-23/h2-10,13-15,18-21,29,31,39,44H,11-12,16-17H2,1H3/t29-,31?,34+/m0/s1. The summed E-state index contributed by atoms with van der Waals surface area (Å²) in [5, 5.41) is 14.5. The van der Waals surface area contributed by atoms with Crippen molar-refractivity contribution in [2.45, 2.75) is 49.1 Å². The fourth-order valence-electron chi connectivity index (χ4n) is 6.35. The van der Waals surface area contributed by atoms with Crippen molar-refractivity contribution in [3.05, 3.63) is 119 Å². The van der Waals surface area contributed by atoms with E-state index in [1.165, 1.54) is 26.3 Å². The summed E-state index contributed by atoms with van der Waals surface area (Å²) in [5.41, 5.74) is 2.43. The van der Waals surface area contributed by atoms with Crippen LogP contribution in [0.15, 0.2) is 103 Å². The Hall–Kier alpha value is -4.17. The third kappa shape index (κ3) is 5.78. The van der Waals surface area contributed by atoms with Crippen LogP contribution in [0.25, 0.3) is 11.1 Å². The summed E-state index contributed by atoms with van der Waals surface area (Å²) in [7, 11) is -4.22. The van der Waals surface area contributed by atoms with Crippen molar-refractivity contribution in [3.8, 4) is 11.1 Å². The highest BCUT2D eigenvalue weighted by Crippen LogP contribution is 2.45. The van der Waals surface area contributed by atoms with Gasteiger partial charge in [-0.3, -0.25) is 14.7 Å². The number of sulfonamides is 1. The molecular weight excluding hydrogens is 673 g/mol. The number of benzene rings is 3. The van der Waals surface area contributed by atoms with E-state index in [1.807, 2.05) is 54.6 Å². The lowest BCUT2D eigenvalue weighted by Crippen LogP contribution is -2.60. The predicted molar refractivity (Wildman–Crippen MR) is 182 cm³/mol. The van der Waals surface area contributed by atoms with Gasteiger partial charge in [0.1, 0.15) is 18.1 Å². The van der Waals surface area contributed by atoms with Gasteiger partial charge in [0.05, 0.1) is 17.9 Å². The zero-order valence-electron chi connectivity index (χ0n) is 25.7. The van der Waals surface area contributed by atoms with E-state index in [1.54, 1.807) is 37.5 Å². The molecule has 14 heteroatoms. The molecule has 1 amide bonds. The molecule has 0 bridgehead atoms. The van der Waals surface area contributed by atoms with Gasteiger partial charge in [0.2, 0.25) is 5.95 Å². The highest BCUT2D eigenvalue weighted by atomic mass is 35.5. The molecule has 1 fully saturated rings. The first-order valence-electron chi connectivity index (χ1n) is 15.3. The van der Waals surface area contributed by atoms with Gasteiger partial charge in [0, 0.05) is 47.5 Å². The summed E-state index contributed by atoms with van der Waals surface area (Å²) in [6.07, 6.45) is 5.66. The average molecular weight is 705 g/mol. The van der Waals surface area contributed by atoms with Crippen LogP contribution < -0.4 is 10.2 Å². The molecule has 2 aromatic heterocycles. The molecule has 3 atom stereocenters. The summed E-state index contributed by atoms with van der Waals surface area (Å²) in [5.74, 6) is -0.275. The summed E-state index contributed by atoms with van der Waals surface area (Å²) in [6, 6.07) is 21.2. The van der Waals surface area contributed by atoms with E-state index in [-0.39, 0.29) is 23.9 Å². The highest BCUT2D eigenvalue weighted by Gasteiger charge is 2.54. The number of anilines is 2. The zero-order chi connectivity index (χ0) is 33.6. The Morgan fingerprint density at radius 1 is 0.958 bits per heavy atom. The smallest absolute Gasteiger partial charge is 0.260 e. The first-order valence-corrected chi connectivity index (χ1v) is 17.5. The molecule has 4 heterocycles. The molecule has 2 N–H and O–H groups in total. The van der Waals surface area contributed by atoms with Crippen LogP contribution in [0.4, 0.5) is 11.6 Å². The number of hydrogen-bond acceptors (Lipinski definition) is 8. The minimum atomic E-state index is -4.22. The number of amides is 1. The van der Waals surface area contributed by atoms with Crippen molar-refractivity contribution in [2.75, 3.05) is 11.4 Å². The molecule has 0 spiro atoms. The van der Waals surface area contributed by atoms with E-state index in [0.717, 1.165) is 22.3 Å². The first-order chi connectivity index (χ1) is 23.1. The maximum atomic E-state index is 14.5. The van der Waals surface area contributed by atoms with Gasteiger partial charge >= 0.3 is 0 Å². The molecular formula is C34H31Cl2N7O4S. The molecule has 246 valence electrons. The fraction of sp³-hybridized carbons (Fsp3) is 0.235. The lowest BCUT2D eigenvalue weighted by Gasteiger charge is -2.42. The Morgan fingerprint density at radius 2 is 1.65 bits per heavy atom. The SMILES string of the molecule is C[C@@]1(Cc2ccc(-c3cncnc3)cc2)C(=O)N(c2cc(Cl)cc(Cl)c2)c2ncc(S(=O)(=O)N3CC[C@H]3C(O)NCc3ccccc3)n21. The van der Waals surface area contributed by atoms with Gasteiger partial charge in [-0.05, 0) is 48.2 Å². The Balaban J connectivity index is 1.24. The number of aliphatic hydroxyl groups excluding tert-OH is 1. The number of imidazole rings is 1. The number of nitrogens with zero attached hydrogens (tertiary/aromatic N) is 6. The van der Waals surface area contributed by atoms with Crippen LogP contribution in [0.2, 0.25) is 10.0 Å². The van der Waals surface area contributed by atoms with Crippen LogP contribution in [-0.2, 0) is 33.3 Å². The third-order valence-electron chi connectivity index (χ3n) is 8.88. The second kappa shape index (κ2) is 12.7. The number of nitrogens with one attached hydrogen (secondary N) is 1. The van der Waals surface area contributed by atoms with E-state index < -0.39 is 33.7 Å². The number of aliphatic hydroxyl groups is 1. The van der Waals surface area contributed by atoms with E-state index in [0.29, 0.717) is 28.7 Å². The van der Waals surface area contributed by atoms with Gasteiger partial charge in [0.25, 0.3) is 15.9 Å². The number of aromatic nitrogens is 4. The molecule has 3 aromatic carbocycles. The van der Waals surface area contributed by atoms with Crippen molar-refractivity contribution in [2.24, 2.45) is 0 Å². The van der Waals surface area contributed by atoms with Crippen molar-refractivity contribution >= 4 is 50.8 Å². The van der Waals surface area contributed by atoms with Crippen LogP contribution in [0.1, 0.15) is 24.5 Å². The van der Waals surface area contributed by atoms with Crippen LogP contribution >= 0.6 is 23.2 Å². The molecule has 0 aliphatic carbocycles. The Morgan fingerprint density at radius 3 is 2.29 bits per heavy atom. The van der Waals surface area contributed by atoms with E-state index in [4.69, 9.17) is 23.2 Å². The number of hydrogen-bond donors (Lipinski definition) is 2. The second-order valence-electron chi connectivity index (χ2n) is 12.1. The molecule has 5 aromatic rings. The van der Waals surface area contributed by atoms with Gasteiger partial charge in [0.15, 0.2) is 5.03 Å². The molecule has 2 aliphatic heterocycles. The summed E-state index contributed by atoms with van der Waals surface area (Å²) in [4.78, 5) is 28.5. The van der Waals surface area contributed by atoms with Crippen molar-refractivity contribution < 1.29 is 18.3 Å². The van der Waals surface area contributed by atoms with Gasteiger partial charge in [-0.2, -0.15) is 4.31 Å². The topological polar surface area (TPSA) is 134 Å². The quantitative estimate of drug-likeness (QED) is 0.191. The second-order valence-corrected chi connectivity index (χ2v) is 14.8. The Labute approximate surface area is 287 Å². The number of halogens is 2. The van der Waals surface area contributed by atoms with Crippen LogP contribution in [0.5, 0.6) is 0 Å². The zero-order valence-corrected chi connectivity index (χ0v) is 28.1. The minimum Gasteiger partial charge on any atom is -0.377 e. The minimum absolute atomic E-state index is 0.122. The molecule has 11 nitrogen and oxygen atoms in total. The van der Waals surface area contributed by atoms with E-state index >= 15 is 0 Å². The molecule has 0 saturated carbocycles. The monoisotopic (exact) mass is 703 g/mol. The first kappa shape index (κ1) is 32.4. The molecule has 1 unspecified atom stereocenters.